The molecule has 42 heavy (non-hydrogen) atoms. The van der Waals surface area contributed by atoms with Crippen molar-refractivity contribution in [3.05, 3.63) is 125 Å². The van der Waals surface area contributed by atoms with Crippen LogP contribution in [0.4, 0.5) is 5.69 Å². The van der Waals surface area contributed by atoms with Gasteiger partial charge in [-0.2, -0.15) is 5.10 Å². The molecule has 0 spiro atoms. The zero-order chi connectivity index (χ0) is 30.0. The number of carbonyl (C=O) groups is 2. The van der Waals surface area contributed by atoms with Crippen LogP contribution in [0, 0.1) is 0 Å². The van der Waals surface area contributed by atoms with Crippen LogP contribution < -0.4 is 19.8 Å². The van der Waals surface area contributed by atoms with E-state index in [1.807, 2.05) is 37.3 Å². The Labute approximate surface area is 249 Å². The van der Waals surface area contributed by atoms with Crippen molar-refractivity contribution in [1.29, 1.82) is 0 Å². The summed E-state index contributed by atoms with van der Waals surface area (Å²) in [4.78, 5) is 25.0. The van der Waals surface area contributed by atoms with E-state index >= 15 is 0 Å². The minimum Gasteiger partial charge on any atom is -0.484 e. The van der Waals surface area contributed by atoms with Crippen molar-refractivity contribution < 1.29 is 22.7 Å². The van der Waals surface area contributed by atoms with Crippen LogP contribution in [0.1, 0.15) is 24.1 Å². The van der Waals surface area contributed by atoms with Crippen LogP contribution in [0.3, 0.4) is 0 Å². The predicted octanol–water partition coefficient (Wildman–Crippen LogP) is 4.94. The number of hydrogen-bond acceptors (Lipinski definition) is 6. The fourth-order valence-electron chi connectivity index (χ4n) is 3.89. The van der Waals surface area contributed by atoms with Gasteiger partial charge in [-0.1, -0.05) is 60.1 Å². The highest BCUT2D eigenvalue weighted by Crippen LogP contribution is 2.25. The lowest BCUT2D eigenvalue weighted by molar-refractivity contribution is -0.123. The lowest BCUT2D eigenvalue weighted by Gasteiger charge is -2.23. The molecular formula is C31H29ClN4O5S. The molecule has 4 rings (SSSR count). The van der Waals surface area contributed by atoms with Crippen molar-refractivity contribution in [3.8, 4) is 5.75 Å². The normalized spacial score (nSPS) is 12.0. The summed E-state index contributed by atoms with van der Waals surface area (Å²) < 4.78 is 33.2. The molecule has 2 N–H and O–H groups in total. The lowest BCUT2D eigenvalue weighted by atomic mass is 10.1. The van der Waals surface area contributed by atoms with E-state index in [2.05, 4.69) is 15.8 Å². The molecule has 0 bridgehead atoms. The number of sulfonamides is 1. The van der Waals surface area contributed by atoms with Gasteiger partial charge in [0, 0.05) is 5.02 Å². The van der Waals surface area contributed by atoms with Gasteiger partial charge >= 0.3 is 0 Å². The fourth-order valence-corrected chi connectivity index (χ4v) is 5.46. The Kier molecular flexibility index (Phi) is 10.3. The van der Waals surface area contributed by atoms with E-state index in [4.69, 9.17) is 16.3 Å². The zero-order valence-electron chi connectivity index (χ0n) is 22.7. The van der Waals surface area contributed by atoms with Crippen molar-refractivity contribution in [1.82, 2.24) is 10.7 Å². The molecule has 0 aliphatic heterocycles. The second kappa shape index (κ2) is 14.3. The SMILES string of the molecule is C[C@@H](NC(=O)COc1ccc(/C=N\NC(=O)CN(c2ccc(Cl)cc2)S(=O)(=O)c2ccccc2)cc1)c1ccccc1. The van der Waals surface area contributed by atoms with E-state index in [1.165, 1.54) is 30.5 Å². The van der Waals surface area contributed by atoms with Crippen LogP contribution in [0.5, 0.6) is 5.75 Å². The number of anilines is 1. The highest BCUT2D eigenvalue weighted by molar-refractivity contribution is 7.92. The summed E-state index contributed by atoms with van der Waals surface area (Å²) in [6, 6.07) is 30.2. The largest absolute Gasteiger partial charge is 0.484 e. The molecule has 1 atom stereocenters. The second-order valence-corrected chi connectivity index (χ2v) is 11.5. The number of nitrogens with one attached hydrogen (secondary N) is 2. The van der Waals surface area contributed by atoms with E-state index < -0.39 is 22.5 Å². The van der Waals surface area contributed by atoms with E-state index in [9.17, 15) is 18.0 Å². The van der Waals surface area contributed by atoms with Gasteiger partial charge in [-0.25, -0.2) is 13.8 Å². The first-order chi connectivity index (χ1) is 20.2. The first kappa shape index (κ1) is 30.3. The number of rotatable bonds is 12. The summed E-state index contributed by atoms with van der Waals surface area (Å²) >= 11 is 5.97. The first-order valence-corrected chi connectivity index (χ1v) is 14.8. The molecule has 0 saturated heterocycles. The third kappa shape index (κ3) is 8.42. The number of carbonyl (C=O) groups excluding carboxylic acids is 2. The van der Waals surface area contributed by atoms with Crippen LogP contribution in [-0.2, 0) is 19.6 Å². The number of ether oxygens (including phenoxy) is 1. The molecule has 2 amide bonds. The Morgan fingerprint density at radius 2 is 1.50 bits per heavy atom. The maximum Gasteiger partial charge on any atom is 0.264 e. The van der Waals surface area contributed by atoms with Gasteiger partial charge in [-0.15, -0.1) is 0 Å². The van der Waals surface area contributed by atoms with E-state index in [1.54, 1.807) is 54.6 Å². The topological polar surface area (TPSA) is 117 Å². The van der Waals surface area contributed by atoms with E-state index in [0.717, 1.165) is 9.87 Å². The fraction of sp³-hybridized carbons (Fsp3) is 0.129. The van der Waals surface area contributed by atoms with Gasteiger partial charge in [0.2, 0.25) is 0 Å². The summed E-state index contributed by atoms with van der Waals surface area (Å²) in [7, 11) is -4.04. The molecule has 0 saturated carbocycles. The van der Waals surface area contributed by atoms with Crippen LogP contribution in [0.2, 0.25) is 5.02 Å². The highest BCUT2D eigenvalue weighted by atomic mass is 35.5. The lowest BCUT2D eigenvalue weighted by Crippen LogP contribution is -2.39. The van der Waals surface area contributed by atoms with Gasteiger partial charge in [0.25, 0.3) is 21.8 Å². The van der Waals surface area contributed by atoms with Crippen molar-refractivity contribution >= 4 is 45.3 Å². The Morgan fingerprint density at radius 3 is 2.14 bits per heavy atom. The van der Waals surface area contributed by atoms with Crippen molar-refractivity contribution in [2.45, 2.75) is 17.9 Å². The third-order valence-corrected chi connectivity index (χ3v) is 8.10. The maximum absolute atomic E-state index is 13.3. The van der Waals surface area contributed by atoms with Gasteiger partial charge in [-0.05, 0) is 78.7 Å². The first-order valence-electron chi connectivity index (χ1n) is 12.9. The molecule has 216 valence electrons. The maximum atomic E-state index is 13.3. The highest BCUT2D eigenvalue weighted by Gasteiger charge is 2.27. The second-order valence-electron chi connectivity index (χ2n) is 9.15. The molecule has 0 aliphatic rings. The molecule has 0 aromatic heterocycles. The molecule has 0 radical (unpaired) electrons. The summed E-state index contributed by atoms with van der Waals surface area (Å²) in [6.07, 6.45) is 1.41. The van der Waals surface area contributed by atoms with E-state index in [-0.39, 0.29) is 29.1 Å². The standard InChI is InChI=1S/C31H29ClN4O5S/c1-23(25-8-4-2-5-9-25)34-31(38)22-41-28-18-12-24(13-19-28)20-33-35-30(37)21-36(27-16-14-26(32)15-17-27)42(39,40)29-10-6-3-7-11-29/h2-20,23H,21-22H2,1H3,(H,34,38)(H,35,37)/b33-20-/t23-/m1/s1. The molecule has 4 aromatic carbocycles. The zero-order valence-corrected chi connectivity index (χ0v) is 24.3. The number of hydrazone groups is 1. The van der Waals surface area contributed by atoms with E-state index in [0.29, 0.717) is 16.3 Å². The molecule has 0 fully saturated rings. The summed E-state index contributed by atoms with van der Waals surface area (Å²) in [5.74, 6) is -0.401. The van der Waals surface area contributed by atoms with Gasteiger partial charge in [0.05, 0.1) is 22.8 Å². The molecule has 9 nitrogen and oxygen atoms in total. The Morgan fingerprint density at radius 1 is 0.881 bits per heavy atom. The Balaban J connectivity index is 1.32. The van der Waals surface area contributed by atoms with Crippen molar-refractivity contribution in [2.24, 2.45) is 5.10 Å². The monoisotopic (exact) mass is 604 g/mol. The minimum absolute atomic E-state index is 0.0433. The van der Waals surface area contributed by atoms with Crippen molar-refractivity contribution in [2.75, 3.05) is 17.5 Å². The summed E-state index contributed by atoms with van der Waals surface area (Å²) in [5.41, 5.74) is 4.29. The molecule has 0 heterocycles. The molecule has 0 unspecified atom stereocenters. The summed E-state index contributed by atoms with van der Waals surface area (Å²) in [6.45, 7) is 1.25. The van der Waals surface area contributed by atoms with Gasteiger partial charge in [0.15, 0.2) is 6.61 Å². The molecule has 0 aliphatic carbocycles. The Hall–Kier alpha value is -4.67. The van der Waals surface area contributed by atoms with Gasteiger partial charge in [-0.3, -0.25) is 13.9 Å². The number of amides is 2. The van der Waals surface area contributed by atoms with Gasteiger partial charge in [0.1, 0.15) is 12.3 Å². The average molecular weight is 605 g/mol. The minimum atomic E-state index is -4.04. The number of halogens is 1. The predicted molar refractivity (Wildman–Crippen MR) is 163 cm³/mol. The van der Waals surface area contributed by atoms with Crippen LogP contribution in [-0.4, -0.2) is 39.6 Å². The van der Waals surface area contributed by atoms with Crippen LogP contribution in [0.25, 0.3) is 0 Å². The number of nitrogens with zero attached hydrogens (tertiary/aromatic N) is 2. The van der Waals surface area contributed by atoms with Crippen molar-refractivity contribution in [3.63, 3.8) is 0 Å². The van der Waals surface area contributed by atoms with Gasteiger partial charge < -0.3 is 10.1 Å². The van der Waals surface area contributed by atoms with Crippen LogP contribution in [0.15, 0.2) is 119 Å². The number of hydrogen-bond donors (Lipinski definition) is 2. The van der Waals surface area contributed by atoms with Crippen LogP contribution >= 0.6 is 11.6 Å². The Bertz CT molecular complexity index is 1620. The molecular weight excluding hydrogens is 576 g/mol. The molecule has 4 aromatic rings. The average Bonchev–Trinajstić information content (AvgIpc) is 3.01. The smallest absolute Gasteiger partial charge is 0.264 e. The third-order valence-electron chi connectivity index (χ3n) is 6.06. The number of benzene rings is 4. The summed E-state index contributed by atoms with van der Waals surface area (Å²) in [5, 5.41) is 7.27. The quantitative estimate of drug-likeness (QED) is 0.175. The molecule has 11 heteroatoms.